The van der Waals surface area contributed by atoms with Gasteiger partial charge in [-0.2, -0.15) is 0 Å². The highest BCUT2D eigenvalue weighted by molar-refractivity contribution is 6.17. The van der Waals surface area contributed by atoms with Crippen LogP contribution >= 0.6 is 0 Å². The number of fused-ring (bicyclic) bond motifs is 1. The molecule has 0 bridgehead atoms. The lowest BCUT2D eigenvalue weighted by atomic mass is 9.81. The van der Waals surface area contributed by atoms with Crippen LogP contribution in [0.4, 0.5) is 14.9 Å². The van der Waals surface area contributed by atoms with Gasteiger partial charge in [0, 0.05) is 19.2 Å². The molecule has 3 atom stereocenters. The number of hydrogen-bond donors (Lipinski definition) is 1. The van der Waals surface area contributed by atoms with E-state index in [2.05, 4.69) is 5.32 Å². The van der Waals surface area contributed by atoms with Gasteiger partial charge in [-0.3, -0.25) is 9.59 Å². The van der Waals surface area contributed by atoms with Crippen LogP contribution < -0.4 is 10.2 Å². The molecule has 3 unspecified atom stereocenters. The minimum atomic E-state index is -0.517. The Bertz CT molecular complexity index is 779. The summed E-state index contributed by atoms with van der Waals surface area (Å²) in [5, 5.41) is 2.85. The van der Waals surface area contributed by atoms with Crippen molar-refractivity contribution in [1.82, 2.24) is 10.2 Å². The molecule has 2 heterocycles. The maximum Gasteiger partial charge on any atom is 0.332 e. The molecule has 1 saturated carbocycles. The van der Waals surface area contributed by atoms with Crippen LogP contribution in [0.1, 0.15) is 38.5 Å². The van der Waals surface area contributed by atoms with Crippen molar-refractivity contribution in [2.45, 2.75) is 50.7 Å². The number of ether oxygens (including phenoxy) is 1. The average Bonchev–Trinajstić information content (AvgIpc) is 3.25. The Balaban J connectivity index is 1.51. The lowest BCUT2D eigenvalue weighted by Crippen LogP contribution is -2.64. The molecule has 1 aliphatic carbocycles. The van der Waals surface area contributed by atoms with Gasteiger partial charge in [-0.15, -0.1) is 0 Å². The molecule has 2 saturated heterocycles. The summed E-state index contributed by atoms with van der Waals surface area (Å²) < 4.78 is 18.8. The molecule has 1 aromatic carbocycles. The molecular weight excluding hydrogens is 377 g/mol. The fraction of sp³-hybridized carbons (Fsp3) is 0.571. The standard InChI is InChI=1S/C21H26FN3O4/c22-14-7-9-15(10-8-14)25-20(27)17-5-1-2-6-18(17)24(21(25)28)13-19(26)23-12-16-4-3-11-29-16/h7-10,16-18H,1-6,11-13H2,(H,23,26). The van der Waals surface area contributed by atoms with Gasteiger partial charge in [0.1, 0.15) is 12.4 Å². The lowest BCUT2D eigenvalue weighted by molar-refractivity contribution is -0.130. The molecular formula is C21H26FN3O4. The Hall–Kier alpha value is -2.48. The van der Waals surface area contributed by atoms with E-state index in [1.165, 1.54) is 29.2 Å². The number of hydrogen-bond acceptors (Lipinski definition) is 4. The fourth-order valence-electron chi connectivity index (χ4n) is 4.56. The molecule has 0 aromatic heterocycles. The van der Waals surface area contributed by atoms with E-state index in [4.69, 9.17) is 4.74 Å². The number of nitrogens with one attached hydrogen (secondary N) is 1. The number of carbonyl (C=O) groups is 3. The molecule has 2 aliphatic heterocycles. The van der Waals surface area contributed by atoms with Crippen LogP contribution in [0.3, 0.4) is 0 Å². The number of halogens is 1. The van der Waals surface area contributed by atoms with E-state index in [0.29, 0.717) is 31.7 Å². The van der Waals surface area contributed by atoms with E-state index in [1.54, 1.807) is 0 Å². The Labute approximate surface area is 169 Å². The van der Waals surface area contributed by atoms with Gasteiger partial charge in [0.25, 0.3) is 0 Å². The molecule has 1 aromatic rings. The topological polar surface area (TPSA) is 79.0 Å². The molecule has 4 rings (SSSR count). The minimum absolute atomic E-state index is 0.0238. The van der Waals surface area contributed by atoms with Gasteiger partial charge >= 0.3 is 6.03 Å². The van der Waals surface area contributed by atoms with Crippen molar-refractivity contribution >= 4 is 23.5 Å². The number of carbonyl (C=O) groups excluding carboxylic acids is 3. The predicted octanol–water partition coefficient (Wildman–Crippen LogP) is 2.45. The molecule has 156 valence electrons. The first-order valence-corrected chi connectivity index (χ1v) is 10.3. The van der Waals surface area contributed by atoms with Crippen LogP contribution in [0.2, 0.25) is 0 Å². The molecule has 29 heavy (non-hydrogen) atoms. The molecule has 3 fully saturated rings. The van der Waals surface area contributed by atoms with Crippen molar-refractivity contribution in [1.29, 1.82) is 0 Å². The van der Waals surface area contributed by atoms with Crippen molar-refractivity contribution in [3.63, 3.8) is 0 Å². The van der Waals surface area contributed by atoms with Gasteiger partial charge in [-0.05, 0) is 49.9 Å². The third-order valence-electron chi connectivity index (χ3n) is 6.05. The van der Waals surface area contributed by atoms with Crippen molar-refractivity contribution in [2.75, 3.05) is 24.6 Å². The van der Waals surface area contributed by atoms with Gasteiger partial charge in [0.2, 0.25) is 11.8 Å². The zero-order valence-corrected chi connectivity index (χ0v) is 16.3. The van der Waals surface area contributed by atoms with Crippen LogP contribution in [-0.2, 0) is 14.3 Å². The summed E-state index contributed by atoms with van der Waals surface area (Å²) in [7, 11) is 0. The molecule has 3 aliphatic rings. The van der Waals surface area contributed by atoms with Crippen LogP contribution in [0, 0.1) is 11.7 Å². The molecule has 7 nitrogen and oxygen atoms in total. The summed E-state index contributed by atoms with van der Waals surface area (Å²) >= 11 is 0. The SMILES string of the molecule is O=C(CN1C(=O)N(c2ccc(F)cc2)C(=O)C2CCCCC21)NCC1CCCO1. The first-order valence-electron chi connectivity index (χ1n) is 10.3. The number of amides is 4. The van der Waals surface area contributed by atoms with Crippen LogP contribution in [-0.4, -0.2) is 54.6 Å². The van der Waals surface area contributed by atoms with E-state index in [0.717, 1.165) is 30.6 Å². The lowest BCUT2D eigenvalue weighted by Gasteiger charge is -2.46. The van der Waals surface area contributed by atoms with Crippen molar-refractivity contribution in [3.8, 4) is 0 Å². The molecule has 1 N–H and O–H groups in total. The highest BCUT2D eigenvalue weighted by Crippen LogP contribution is 2.36. The number of anilines is 1. The third-order valence-corrected chi connectivity index (χ3v) is 6.05. The maximum atomic E-state index is 13.3. The van der Waals surface area contributed by atoms with E-state index < -0.39 is 11.8 Å². The van der Waals surface area contributed by atoms with Gasteiger partial charge in [0.15, 0.2) is 0 Å². The van der Waals surface area contributed by atoms with Crippen LogP contribution in [0.25, 0.3) is 0 Å². The minimum Gasteiger partial charge on any atom is -0.376 e. The molecule has 0 spiro atoms. The largest absolute Gasteiger partial charge is 0.376 e. The number of benzene rings is 1. The van der Waals surface area contributed by atoms with Crippen molar-refractivity contribution in [3.05, 3.63) is 30.1 Å². The van der Waals surface area contributed by atoms with Gasteiger partial charge < -0.3 is 15.0 Å². The predicted molar refractivity (Wildman–Crippen MR) is 104 cm³/mol. The maximum absolute atomic E-state index is 13.3. The smallest absolute Gasteiger partial charge is 0.332 e. The van der Waals surface area contributed by atoms with E-state index in [-0.39, 0.29) is 36.4 Å². The van der Waals surface area contributed by atoms with E-state index >= 15 is 0 Å². The first-order chi connectivity index (χ1) is 14.0. The Morgan fingerprint density at radius 1 is 1.10 bits per heavy atom. The number of nitrogens with zero attached hydrogens (tertiary/aromatic N) is 2. The Morgan fingerprint density at radius 2 is 1.86 bits per heavy atom. The second-order valence-electron chi connectivity index (χ2n) is 7.96. The number of rotatable bonds is 5. The molecule has 4 amide bonds. The quantitative estimate of drug-likeness (QED) is 0.819. The summed E-state index contributed by atoms with van der Waals surface area (Å²) in [6.07, 6.45) is 5.16. The van der Waals surface area contributed by atoms with Gasteiger partial charge in [-0.1, -0.05) is 12.8 Å². The third kappa shape index (κ3) is 4.12. The number of imide groups is 1. The Morgan fingerprint density at radius 3 is 2.59 bits per heavy atom. The monoisotopic (exact) mass is 403 g/mol. The van der Waals surface area contributed by atoms with E-state index in [9.17, 15) is 18.8 Å². The summed E-state index contributed by atoms with van der Waals surface area (Å²) in [6.45, 7) is 1.04. The summed E-state index contributed by atoms with van der Waals surface area (Å²) in [5.41, 5.74) is 0.329. The van der Waals surface area contributed by atoms with Crippen molar-refractivity contribution < 1.29 is 23.5 Å². The van der Waals surface area contributed by atoms with Crippen molar-refractivity contribution in [2.24, 2.45) is 5.92 Å². The summed E-state index contributed by atoms with van der Waals surface area (Å²) in [4.78, 5) is 41.4. The second kappa shape index (κ2) is 8.49. The average molecular weight is 403 g/mol. The summed E-state index contributed by atoms with van der Waals surface area (Å²) in [6, 6.07) is 4.50. The van der Waals surface area contributed by atoms with Crippen LogP contribution in [0.15, 0.2) is 24.3 Å². The molecule has 0 radical (unpaired) electrons. The second-order valence-corrected chi connectivity index (χ2v) is 7.96. The van der Waals surface area contributed by atoms with Gasteiger partial charge in [0.05, 0.1) is 17.7 Å². The van der Waals surface area contributed by atoms with Gasteiger partial charge in [-0.25, -0.2) is 14.1 Å². The molecule has 8 heteroatoms. The normalized spacial score (nSPS) is 27.1. The zero-order chi connectivity index (χ0) is 20.4. The Kier molecular flexibility index (Phi) is 5.80. The van der Waals surface area contributed by atoms with E-state index in [1.807, 2.05) is 0 Å². The van der Waals surface area contributed by atoms with Crippen LogP contribution in [0.5, 0.6) is 0 Å². The highest BCUT2D eigenvalue weighted by Gasteiger charge is 2.48. The summed E-state index contributed by atoms with van der Waals surface area (Å²) in [5.74, 6) is -1.29. The fourth-order valence-corrected chi connectivity index (χ4v) is 4.56. The first kappa shape index (κ1) is 19.8. The highest BCUT2D eigenvalue weighted by atomic mass is 19.1. The zero-order valence-electron chi connectivity index (χ0n) is 16.3. The number of urea groups is 1.